The number of carbonyl (C=O) groups excluding carboxylic acids is 1. The zero-order valence-electron chi connectivity index (χ0n) is 12.2. The van der Waals surface area contributed by atoms with Crippen LogP contribution < -0.4 is 15.4 Å². The van der Waals surface area contributed by atoms with Gasteiger partial charge in [0, 0.05) is 10.6 Å². The summed E-state index contributed by atoms with van der Waals surface area (Å²) in [5, 5.41) is 7.62. The molecule has 8 heteroatoms. The second kappa shape index (κ2) is 7.36. The molecule has 2 N–H and O–H groups in total. The fraction of sp³-hybridized carbons (Fsp3) is 0.267. The van der Waals surface area contributed by atoms with Gasteiger partial charge in [0.15, 0.2) is 0 Å². The van der Waals surface area contributed by atoms with Crippen molar-refractivity contribution < 1.29 is 22.7 Å². The highest BCUT2D eigenvalue weighted by Crippen LogP contribution is 2.24. The van der Waals surface area contributed by atoms with Gasteiger partial charge in [-0.05, 0) is 42.6 Å². The van der Waals surface area contributed by atoms with Gasteiger partial charge in [0.1, 0.15) is 11.8 Å². The van der Waals surface area contributed by atoms with Gasteiger partial charge in [0.25, 0.3) is 0 Å². The van der Waals surface area contributed by atoms with E-state index >= 15 is 0 Å². The molecule has 1 unspecified atom stereocenters. The molecular weight excluding hydrogens is 329 g/mol. The molecule has 0 saturated heterocycles. The Morgan fingerprint density at radius 1 is 1.26 bits per heavy atom. The predicted octanol–water partition coefficient (Wildman–Crippen LogP) is 3.76. The van der Waals surface area contributed by atoms with E-state index < -0.39 is 12.4 Å². The van der Waals surface area contributed by atoms with Crippen LogP contribution in [0.15, 0.2) is 41.8 Å². The monoisotopic (exact) mass is 344 g/mol. The van der Waals surface area contributed by atoms with E-state index in [1.54, 1.807) is 18.3 Å². The van der Waals surface area contributed by atoms with E-state index in [1.165, 1.54) is 24.3 Å². The van der Waals surface area contributed by atoms with Gasteiger partial charge in [0.2, 0.25) is 5.91 Å². The third kappa shape index (κ3) is 5.82. The summed E-state index contributed by atoms with van der Waals surface area (Å²) in [6.07, 6.45) is -4.72. The van der Waals surface area contributed by atoms with Crippen LogP contribution in [-0.4, -0.2) is 18.3 Å². The number of carbonyl (C=O) groups is 1. The molecule has 1 aromatic carbocycles. The highest BCUT2D eigenvalue weighted by Gasteiger charge is 2.30. The Labute approximate surface area is 135 Å². The molecule has 0 aliphatic rings. The average molecular weight is 344 g/mol. The number of thiophene rings is 1. The Bertz CT molecular complexity index is 627. The highest BCUT2D eigenvalue weighted by atomic mass is 32.1. The zero-order chi connectivity index (χ0) is 16.9. The lowest BCUT2D eigenvalue weighted by Crippen LogP contribution is -2.37. The summed E-state index contributed by atoms with van der Waals surface area (Å²) >= 11 is 1.55. The van der Waals surface area contributed by atoms with E-state index in [4.69, 9.17) is 0 Å². The number of anilines is 1. The second-order valence-corrected chi connectivity index (χ2v) is 5.77. The Hall–Kier alpha value is -2.22. The van der Waals surface area contributed by atoms with Gasteiger partial charge in [-0.2, -0.15) is 0 Å². The number of amides is 1. The van der Waals surface area contributed by atoms with Gasteiger partial charge in [-0.1, -0.05) is 6.07 Å². The van der Waals surface area contributed by atoms with Crippen molar-refractivity contribution >= 4 is 22.9 Å². The third-order valence-electron chi connectivity index (χ3n) is 2.88. The number of benzene rings is 1. The van der Waals surface area contributed by atoms with Gasteiger partial charge < -0.3 is 15.4 Å². The average Bonchev–Trinajstić information content (AvgIpc) is 2.98. The van der Waals surface area contributed by atoms with Gasteiger partial charge >= 0.3 is 6.36 Å². The van der Waals surface area contributed by atoms with Crippen LogP contribution in [0.2, 0.25) is 0 Å². The van der Waals surface area contributed by atoms with E-state index in [1.807, 2.05) is 17.5 Å². The smallest absolute Gasteiger partial charge is 0.406 e. The standard InChI is InChI=1S/C15H15F3N2O2S/c1-10(14(21)19-9-13-3-2-8-23-13)20-11-4-6-12(7-5-11)22-15(16,17)18/h2-8,10,20H,9H2,1H3,(H,19,21). The van der Waals surface area contributed by atoms with Crippen LogP contribution in [0.3, 0.4) is 0 Å². The van der Waals surface area contributed by atoms with Gasteiger partial charge in [0.05, 0.1) is 6.54 Å². The number of ether oxygens (including phenoxy) is 1. The van der Waals surface area contributed by atoms with Crippen molar-refractivity contribution in [2.24, 2.45) is 0 Å². The SMILES string of the molecule is CC(Nc1ccc(OC(F)(F)F)cc1)C(=O)NCc1cccs1. The molecule has 1 aromatic heterocycles. The van der Waals surface area contributed by atoms with Gasteiger partial charge in [-0.15, -0.1) is 24.5 Å². The number of rotatable bonds is 6. The van der Waals surface area contributed by atoms with Crippen LogP contribution in [0, 0.1) is 0 Å². The number of hydrogen-bond acceptors (Lipinski definition) is 4. The first-order valence-electron chi connectivity index (χ1n) is 6.76. The number of nitrogens with one attached hydrogen (secondary N) is 2. The summed E-state index contributed by atoms with van der Waals surface area (Å²) in [4.78, 5) is 13.0. The van der Waals surface area contributed by atoms with Crippen LogP contribution >= 0.6 is 11.3 Å². The normalized spacial score (nSPS) is 12.5. The number of hydrogen-bond donors (Lipinski definition) is 2. The van der Waals surface area contributed by atoms with Crippen molar-refractivity contribution in [1.29, 1.82) is 0 Å². The van der Waals surface area contributed by atoms with Crippen LogP contribution in [0.5, 0.6) is 5.75 Å². The maximum Gasteiger partial charge on any atom is 0.573 e. The molecule has 0 aliphatic carbocycles. The maximum atomic E-state index is 12.1. The number of halogens is 3. The minimum atomic E-state index is -4.72. The lowest BCUT2D eigenvalue weighted by atomic mass is 10.2. The third-order valence-corrected chi connectivity index (χ3v) is 3.76. The zero-order valence-corrected chi connectivity index (χ0v) is 13.0. The molecule has 0 spiro atoms. The van der Waals surface area contributed by atoms with Crippen molar-refractivity contribution in [1.82, 2.24) is 5.32 Å². The lowest BCUT2D eigenvalue weighted by molar-refractivity contribution is -0.274. The summed E-state index contributed by atoms with van der Waals surface area (Å²) in [6.45, 7) is 2.12. The molecule has 4 nitrogen and oxygen atoms in total. The fourth-order valence-corrected chi connectivity index (χ4v) is 2.45. The Kier molecular flexibility index (Phi) is 5.49. The molecule has 124 valence electrons. The topological polar surface area (TPSA) is 50.4 Å². The summed E-state index contributed by atoms with van der Waals surface area (Å²) in [5.41, 5.74) is 0.526. The molecular formula is C15H15F3N2O2S. The molecule has 0 bridgehead atoms. The van der Waals surface area contributed by atoms with E-state index in [9.17, 15) is 18.0 Å². The lowest BCUT2D eigenvalue weighted by Gasteiger charge is -2.15. The Morgan fingerprint density at radius 3 is 2.52 bits per heavy atom. The summed E-state index contributed by atoms with van der Waals surface area (Å²) in [5.74, 6) is -0.508. The Balaban J connectivity index is 1.84. The van der Waals surface area contributed by atoms with Crippen molar-refractivity contribution in [3.8, 4) is 5.75 Å². The van der Waals surface area contributed by atoms with Crippen LogP contribution in [0.25, 0.3) is 0 Å². The predicted molar refractivity (Wildman–Crippen MR) is 82.4 cm³/mol. The summed E-state index contributed by atoms with van der Waals surface area (Å²) in [7, 11) is 0. The second-order valence-electron chi connectivity index (χ2n) is 4.74. The molecule has 0 saturated carbocycles. The van der Waals surface area contributed by atoms with Crippen molar-refractivity contribution in [2.75, 3.05) is 5.32 Å². The molecule has 1 atom stereocenters. The van der Waals surface area contributed by atoms with E-state index in [0.717, 1.165) is 4.88 Å². The fourth-order valence-electron chi connectivity index (χ4n) is 1.81. The quantitative estimate of drug-likeness (QED) is 0.839. The van der Waals surface area contributed by atoms with E-state index in [0.29, 0.717) is 12.2 Å². The van der Waals surface area contributed by atoms with Crippen LogP contribution in [0.1, 0.15) is 11.8 Å². The molecule has 0 aliphatic heterocycles. The van der Waals surface area contributed by atoms with E-state index in [-0.39, 0.29) is 11.7 Å². The van der Waals surface area contributed by atoms with Crippen molar-refractivity contribution in [3.05, 3.63) is 46.7 Å². The molecule has 2 aromatic rings. The largest absolute Gasteiger partial charge is 0.573 e. The summed E-state index contributed by atoms with van der Waals surface area (Å²) in [6, 6.07) is 8.51. The highest BCUT2D eigenvalue weighted by molar-refractivity contribution is 7.09. The molecule has 23 heavy (non-hydrogen) atoms. The van der Waals surface area contributed by atoms with E-state index in [2.05, 4.69) is 15.4 Å². The summed E-state index contributed by atoms with van der Waals surface area (Å²) < 4.78 is 40.0. The van der Waals surface area contributed by atoms with Crippen LogP contribution in [0.4, 0.5) is 18.9 Å². The van der Waals surface area contributed by atoms with Crippen molar-refractivity contribution in [2.45, 2.75) is 25.9 Å². The first kappa shape index (κ1) is 17.1. The molecule has 0 fully saturated rings. The van der Waals surface area contributed by atoms with Gasteiger partial charge in [-0.25, -0.2) is 0 Å². The molecule has 1 amide bonds. The van der Waals surface area contributed by atoms with Crippen LogP contribution in [-0.2, 0) is 11.3 Å². The first-order valence-corrected chi connectivity index (χ1v) is 7.64. The molecule has 1 heterocycles. The molecule has 2 rings (SSSR count). The minimum absolute atomic E-state index is 0.200. The minimum Gasteiger partial charge on any atom is -0.406 e. The van der Waals surface area contributed by atoms with Gasteiger partial charge in [-0.3, -0.25) is 4.79 Å². The Morgan fingerprint density at radius 2 is 1.96 bits per heavy atom. The first-order chi connectivity index (χ1) is 10.8. The van der Waals surface area contributed by atoms with Crippen molar-refractivity contribution in [3.63, 3.8) is 0 Å². The number of alkyl halides is 3. The molecule has 0 radical (unpaired) electrons. The maximum absolute atomic E-state index is 12.1.